The van der Waals surface area contributed by atoms with E-state index in [4.69, 9.17) is 4.74 Å². The Morgan fingerprint density at radius 3 is 2.58 bits per heavy atom. The van der Waals surface area contributed by atoms with Crippen LogP contribution in [0.15, 0.2) is 88.8 Å². The van der Waals surface area contributed by atoms with Crippen molar-refractivity contribution in [2.45, 2.75) is 6.61 Å². The zero-order valence-corrected chi connectivity index (χ0v) is 16.9. The minimum atomic E-state index is -0.500. The molecule has 154 valence electrons. The molecule has 0 aliphatic rings. The van der Waals surface area contributed by atoms with Crippen molar-refractivity contribution in [1.29, 1.82) is 0 Å². The number of nitrogens with zero attached hydrogens (tertiary/aromatic N) is 3. The van der Waals surface area contributed by atoms with Crippen LogP contribution in [0.2, 0.25) is 0 Å². The highest BCUT2D eigenvalue weighted by molar-refractivity contribution is 6.04. The second kappa shape index (κ2) is 9.04. The van der Waals surface area contributed by atoms with Crippen LogP contribution in [0, 0.1) is 0 Å². The van der Waals surface area contributed by atoms with Gasteiger partial charge in [-0.05, 0) is 29.3 Å². The minimum absolute atomic E-state index is 0.134. The van der Waals surface area contributed by atoms with Crippen molar-refractivity contribution in [2.24, 2.45) is 12.1 Å². The highest BCUT2D eigenvalue weighted by Crippen LogP contribution is 2.15. The molecule has 0 atom stereocenters. The molecule has 0 radical (unpaired) electrons. The van der Waals surface area contributed by atoms with Gasteiger partial charge in [-0.1, -0.05) is 60.7 Å². The maximum absolute atomic E-state index is 12.6. The van der Waals surface area contributed by atoms with Gasteiger partial charge in [0.2, 0.25) is 0 Å². The average molecular weight is 412 g/mol. The normalized spacial score (nSPS) is 11.0. The first-order valence-corrected chi connectivity index (χ1v) is 9.68. The quantitative estimate of drug-likeness (QED) is 0.389. The Labute approximate surface area is 178 Å². The molecule has 0 fully saturated rings. The summed E-state index contributed by atoms with van der Waals surface area (Å²) in [5.74, 6) is 0.199. The lowest BCUT2D eigenvalue weighted by Crippen LogP contribution is -2.27. The summed E-state index contributed by atoms with van der Waals surface area (Å²) in [6.07, 6.45) is 1.53. The Morgan fingerprint density at radius 2 is 1.77 bits per heavy atom. The Morgan fingerprint density at radius 1 is 1.03 bits per heavy atom. The van der Waals surface area contributed by atoms with E-state index in [2.05, 4.69) is 15.6 Å². The van der Waals surface area contributed by atoms with E-state index >= 15 is 0 Å². The van der Waals surface area contributed by atoms with E-state index in [1.54, 1.807) is 24.3 Å². The molecule has 3 aromatic carbocycles. The Hall–Kier alpha value is -4.26. The maximum atomic E-state index is 12.6. The average Bonchev–Trinajstić information content (AvgIpc) is 2.81. The molecule has 4 aromatic rings. The standard InChI is InChI=1S/C24H20N4O3/c1-28-24(30)21-13-6-5-12-20(21)22(27-28)23(29)26-25-15-18-10-7-11-19(14-18)31-16-17-8-3-2-4-9-17/h2-15H,16H2,1H3,(H,26,29)/b25-15+. The number of hydrogen-bond donors (Lipinski definition) is 1. The number of fused-ring (bicyclic) bond motifs is 1. The lowest BCUT2D eigenvalue weighted by atomic mass is 10.1. The first kappa shape index (κ1) is 20.0. The molecule has 4 rings (SSSR count). The number of carbonyl (C=O) groups excluding carboxylic acids is 1. The van der Waals surface area contributed by atoms with E-state index in [9.17, 15) is 9.59 Å². The molecule has 7 heteroatoms. The summed E-state index contributed by atoms with van der Waals surface area (Å²) >= 11 is 0. The first-order valence-electron chi connectivity index (χ1n) is 9.68. The third-order valence-electron chi connectivity index (χ3n) is 4.66. The zero-order chi connectivity index (χ0) is 21.6. The Bertz CT molecular complexity index is 1310. The van der Waals surface area contributed by atoms with Crippen molar-refractivity contribution in [1.82, 2.24) is 15.2 Å². The predicted octanol–water partition coefficient (Wildman–Crippen LogP) is 3.28. The molecular formula is C24H20N4O3. The van der Waals surface area contributed by atoms with E-state index in [1.807, 2.05) is 54.6 Å². The van der Waals surface area contributed by atoms with Crippen LogP contribution >= 0.6 is 0 Å². The molecule has 0 spiro atoms. The number of aryl methyl sites for hydroxylation is 1. The molecule has 0 aliphatic carbocycles. The van der Waals surface area contributed by atoms with E-state index < -0.39 is 5.91 Å². The molecule has 1 amide bonds. The third kappa shape index (κ3) is 4.67. The van der Waals surface area contributed by atoms with Crippen molar-refractivity contribution in [3.63, 3.8) is 0 Å². The van der Waals surface area contributed by atoms with Gasteiger partial charge in [0.05, 0.1) is 11.6 Å². The van der Waals surface area contributed by atoms with Gasteiger partial charge in [-0.2, -0.15) is 10.2 Å². The SMILES string of the molecule is Cn1nc(C(=O)N/N=C/c2cccc(OCc3ccccc3)c2)c2ccccc2c1=O. The Kier molecular flexibility index (Phi) is 5.84. The van der Waals surface area contributed by atoms with Gasteiger partial charge in [0.1, 0.15) is 12.4 Å². The molecule has 7 nitrogen and oxygen atoms in total. The molecule has 1 heterocycles. The molecule has 0 bridgehead atoms. The van der Waals surface area contributed by atoms with Crippen LogP contribution in [-0.2, 0) is 13.7 Å². The summed E-state index contributed by atoms with van der Waals surface area (Å²) in [7, 11) is 1.51. The number of carbonyl (C=O) groups is 1. The highest BCUT2D eigenvalue weighted by Gasteiger charge is 2.14. The number of hydrogen-bond acceptors (Lipinski definition) is 5. The van der Waals surface area contributed by atoms with Crippen LogP contribution in [0.1, 0.15) is 21.6 Å². The molecule has 0 saturated heterocycles. The minimum Gasteiger partial charge on any atom is -0.489 e. The maximum Gasteiger partial charge on any atom is 0.292 e. The largest absolute Gasteiger partial charge is 0.489 e. The fourth-order valence-corrected chi connectivity index (χ4v) is 3.11. The molecule has 1 N–H and O–H groups in total. The molecule has 0 aliphatic heterocycles. The van der Waals surface area contributed by atoms with Crippen molar-refractivity contribution >= 4 is 22.9 Å². The summed E-state index contributed by atoms with van der Waals surface area (Å²) in [6, 6.07) is 24.1. The number of nitrogens with one attached hydrogen (secondary N) is 1. The van der Waals surface area contributed by atoms with Gasteiger partial charge >= 0.3 is 0 Å². The van der Waals surface area contributed by atoms with Gasteiger partial charge in [-0.25, -0.2) is 10.1 Å². The highest BCUT2D eigenvalue weighted by atomic mass is 16.5. The Balaban J connectivity index is 1.46. The van der Waals surface area contributed by atoms with E-state index in [-0.39, 0.29) is 11.3 Å². The molecule has 31 heavy (non-hydrogen) atoms. The monoisotopic (exact) mass is 412 g/mol. The third-order valence-corrected chi connectivity index (χ3v) is 4.66. The smallest absolute Gasteiger partial charge is 0.292 e. The van der Waals surface area contributed by atoms with Gasteiger partial charge in [0, 0.05) is 12.4 Å². The molecule has 0 saturated carbocycles. The lowest BCUT2D eigenvalue weighted by molar-refractivity contribution is 0.0950. The molecular weight excluding hydrogens is 392 g/mol. The number of ether oxygens (including phenoxy) is 1. The molecule has 0 unspecified atom stereocenters. The van der Waals surface area contributed by atoms with Crippen LogP contribution in [0.4, 0.5) is 0 Å². The number of aromatic nitrogens is 2. The van der Waals surface area contributed by atoms with Crippen LogP contribution in [0.3, 0.4) is 0 Å². The van der Waals surface area contributed by atoms with Crippen LogP contribution < -0.4 is 15.7 Å². The first-order chi connectivity index (χ1) is 15.1. The second-order valence-corrected chi connectivity index (χ2v) is 6.87. The summed E-state index contributed by atoms with van der Waals surface area (Å²) in [5.41, 5.74) is 4.19. The zero-order valence-electron chi connectivity index (χ0n) is 16.9. The van der Waals surface area contributed by atoms with Crippen molar-refractivity contribution in [3.05, 3.63) is 106 Å². The van der Waals surface area contributed by atoms with Crippen LogP contribution in [-0.4, -0.2) is 21.9 Å². The summed E-state index contributed by atoms with van der Waals surface area (Å²) in [6.45, 7) is 0.462. The number of hydrazone groups is 1. The topological polar surface area (TPSA) is 85.6 Å². The van der Waals surface area contributed by atoms with Gasteiger partial charge < -0.3 is 4.74 Å². The predicted molar refractivity (Wildman–Crippen MR) is 119 cm³/mol. The summed E-state index contributed by atoms with van der Waals surface area (Å²) in [5, 5.41) is 9.03. The van der Waals surface area contributed by atoms with Gasteiger partial charge in [0.15, 0.2) is 5.69 Å². The number of benzene rings is 3. The van der Waals surface area contributed by atoms with E-state index in [0.29, 0.717) is 23.1 Å². The van der Waals surface area contributed by atoms with Gasteiger partial charge in [0.25, 0.3) is 11.5 Å². The number of amides is 1. The lowest BCUT2D eigenvalue weighted by Gasteiger charge is -2.07. The fourth-order valence-electron chi connectivity index (χ4n) is 3.11. The van der Waals surface area contributed by atoms with Crippen molar-refractivity contribution in [2.75, 3.05) is 0 Å². The van der Waals surface area contributed by atoms with Crippen molar-refractivity contribution in [3.8, 4) is 5.75 Å². The molecule has 1 aromatic heterocycles. The van der Waals surface area contributed by atoms with E-state index in [1.165, 1.54) is 13.3 Å². The second-order valence-electron chi connectivity index (χ2n) is 6.87. The van der Waals surface area contributed by atoms with Crippen LogP contribution in [0.5, 0.6) is 5.75 Å². The van der Waals surface area contributed by atoms with Crippen molar-refractivity contribution < 1.29 is 9.53 Å². The van der Waals surface area contributed by atoms with Gasteiger partial charge in [-0.15, -0.1) is 0 Å². The number of rotatable bonds is 6. The van der Waals surface area contributed by atoms with Crippen LogP contribution in [0.25, 0.3) is 10.8 Å². The van der Waals surface area contributed by atoms with Gasteiger partial charge in [-0.3, -0.25) is 9.59 Å². The fraction of sp³-hybridized carbons (Fsp3) is 0.0833. The van der Waals surface area contributed by atoms with E-state index in [0.717, 1.165) is 15.8 Å². The summed E-state index contributed by atoms with van der Waals surface area (Å²) in [4.78, 5) is 24.8. The summed E-state index contributed by atoms with van der Waals surface area (Å²) < 4.78 is 6.96.